The molecule has 2 heterocycles. The van der Waals surface area contributed by atoms with Crippen molar-refractivity contribution in [2.45, 2.75) is 26.6 Å². The van der Waals surface area contributed by atoms with E-state index in [1.165, 1.54) is 5.69 Å². The average molecular weight is 219 g/mol. The van der Waals surface area contributed by atoms with Gasteiger partial charge in [-0.1, -0.05) is 0 Å². The summed E-state index contributed by atoms with van der Waals surface area (Å²) in [5.74, 6) is 0. The normalized spacial score (nSPS) is 10.9. The molecule has 0 aliphatic heterocycles. The molecule has 0 saturated carbocycles. The van der Waals surface area contributed by atoms with Gasteiger partial charge in [-0.25, -0.2) is 4.98 Å². The quantitative estimate of drug-likeness (QED) is 0.813. The van der Waals surface area contributed by atoms with E-state index >= 15 is 0 Å². The molecule has 0 saturated heterocycles. The van der Waals surface area contributed by atoms with E-state index in [1.54, 1.807) is 0 Å². The molecule has 86 valence electrons. The molecule has 0 spiro atoms. The predicted molar refractivity (Wildman–Crippen MR) is 61.7 cm³/mol. The van der Waals surface area contributed by atoms with E-state index in [1.807, 2.05) is 36.5 Å². The third-order valence-corrected chi connectivity index (χ3v) is 2.52. The van der Waals surface area contributed by atoms with Crippen molar-refractivity contribution in [3.63, 3.8) is 0 Å². The zero-order chi connectivity index (χ0) is 11.4. The van der Waals surface area contributed by atoms with Crippen molar-refractivity contribution < 1.29 is 0 Å². The van der Waals surface area contributed by atoms with Crippen LogP contribution in [0.15, 0.2) is 24.8 Å². The Kier molecular flexibility index (Phi) is 3.36. The second kappa shape index (κ2) is 4.94. The minimum Gasteiger partial charge on any atom is -0.334 e. The van der Waals surface area contributed by atoms with Crippen LogP contribution in [0.2, 0.25) is 0 Å². The maximum absolute atomic E-state index is 4.30. The van der Waals surface area contributed by atoms with Gasteiger partial charge in [-0.3, -0.25) is 4.68 Å². The molecule has 0 amide bonds. The standard InChI is InChI=1S/C11H17N5/c1-3-16-9-13-8-11(16)7-12-6-10-4-5-15(2)14-10/h4-5,8-9,12H,3,6-7H2,1-2H3. The maximum Gasteiger partial charge on any atom is 0.0948 e. The fourth-order valence-corrected chi connectivity index (χ4v) is 1.66. The molecule has 2 aromatic rings. The first-order valence-corrected chi connectivity index (χ1v) is 5.48. The lowest BCUT2D eigenvalue weighted by molar-refractivity contribution is 0.614. The Balaban J connectivity index is 1.84. The van der Waals surface area contributed by atoms with Gasteiger partial charge in [0.15, 0.2) is 0 Å². The number of aromatic nitrogens is 4. The summed E-state index contributed by atoms with van der Waals surface area (Å²) < 4.78 is 3.94. The summed E-state index contributed by atoms with van der Waals surface area (Å²) in [6.07, 6.45) is 5.71. The van der Waals surface area contributed by atoms with Crippen LogP contribution in [0.5, 0.6) is 0 Å². The summed E-state index contributed by atoms with van der Waals surface area (Å²) >= 11 is 0. The van der Waals surface area contributed by atoms with E-state index in [4.69, 9.17) is 0 Å². The average Bonchev–Trinajstić information content (AvgIpc) is 2.87. The Hall–Kier alpha value is -1.62. The van der Waals surface area contributed by atoms with Gasteiger partial charge in [0.2, 0.25) is 0 Å². The second-order valence-electron chi connectivity index (χ2n) is 3.76. The topological polar surface area (TPSA) is 47.7 Å². The van der Waals surface area contributed by atoms with Crippen molar-refractivity contribution in [3.8, 4) is 0 Å². The minimum atomic E-state index is 0.787. The molecule has 1 N–H and O–H groups in total. The Bertz CT molecular complexity index is 443. The first-order chi connectivity index (χ1) is 7.79. The van der Waals surface area contributed by atoms with Crippen LogP contribution in [0, 0.1) is 0 Å². The van der Waals surface area contributed by atoms with Crippen LogP contribution in [-0.4, -0.2) is 19.3 Å². The van der Waals surface area contributed by atoms with Crippen molar-refractivity contribution in [1.82, 2.24) is 24.6 Å². The van der Waals surface area contributed by atoms with Crippen LogP contribution in [0.1, 0.15) is 18.3 Å². The van der Waals surface area contributed by atoms with Gasteiger partial charge in [0.05, 0.1) is 17.7 Å². The number of hydrogen-bond acceptors (Lipinski definition) is 3. The van der Waals surface area contributed by atoms with Crippen molar-refractivity contribution in [2.24, 2.45) is 7.05 Å². The van der Waals surface area contributed by atoms with Crippen molar-refractivity contribution in [1.29, 1.82) is 0 Å². The van der Waals surface area contributed by atoms with E-state index in [0.717, 1.165) is 25.3 Å². The highest BCUT2D eigenvalue weighted by Gasteiger charge is 2.00. The highest BCUT2D eigenvalue weighted by molar-refractivity contribution is 5.01. The molecule has 2 aromatic heterocycles. The van der Waals surface area contributed by atoms with Crippen LogP contribution in [0.25, 0.3) is 0 Å². The van der Waals surface area contributed by atoms with Crippen molar-refractivity contribution in [3.05, 3.63) is 36.2 Å². The molecular formula is C11H17N5. The van der Waals surface area contributed by atoms with Gasteiger partial charge >= 0.3 is 0 Å². The first kappa shape index (κ1) is 10.9. The van der Waals surface area contributed by atoms with Gasteiger partial charge in [-0.05, 0) is 13.0 Å². The lowest BCUT2D eigenvalue weighted by Gasteiger charge is -2.05. The lowest BCUT2D eigenvalue weighted by Crippen LogP contribution is -2.15. The number of imidazole rings is 1. The highest BCUT2D eigenvalue weighted by Crippen LogP contribution is 1.99. The number of rotatable bonds is 5. The van der Waals surface area contributed by atoms with Crippen LogP contribution < -0.4 is 5.32 Å². The van der Waals surface area contributed by atoms with E-state index in [9.17, 15) is 0 Å². The van der Waals surface area contributed by atoms with Crippen LogP contribution in [0.4, 0.5) is 0 Å². The molecule has 0 unspecified atom stereocenters. The molecule has 0 aliphatic carbocycles. The number of nitrogens with zero attached hydrogens (tertiary/aromatic N) is 4. The molecule has 5 nitrogen and oxygen atoms in total. The number of hydrogen-bond donors (Lipinski definition) is 1. The number of nitrogens with one attached hydrogen (secondary N) is 1. The van der Waals surface area contributed by atoms with Gasteiger partial charge in [-0.15, -0.1) is 0 Å². The Morgan fingerprint density at radius 1 is 1.38 bits per heavy atom. The van der Waals surface area contributed by atoms with Crippen LogP contribution in [0.3, 0.4) is 0 Å². The molecule has 0 aliphatic rings. The Morgan fingerprint density at radius 2 is 2.25 bits per heavy atom. The fraction of sp³-hybridized carbons (Fsp3) is 0.455. The van der Waals surface area contributed by atoms with Gasteiger partial charge in [0.25, 0.3) is 0 Å². The van der Waals surface area contributed by atoms with Gasteiger partial charge in [0, 0.05) is 39.1 Å². The molecule has 0 fully saturated rings. The van der Waals surface area contributed by atoms with E-state index in [-0.39, 0.29) is 0 Å². The zero-order valence-corrected chi connectivity index (χ0v) is 9.72. The monoisotopic (exact) mass is 219 g/mol. The largest absolute Gasteiger partial charge is 0.334 e. The molecule has 2 rings (SSSR count). The molecule has 0 atom stereocenters. The van der Waals surface area contributed by atoms with Gasteiger partial charge in [0.1, 0.15) is 0 Å². The minimum absolute atomic E-state index is 0.787. The summed E-state index contributed by atoms with van der Waals surface area (Å²) in [5.41, 5.74) is 2.27. The van der Waals surface area contributed by atoms with Crippen LogP contribution >= 0.6 is 0 Å². The Morgan fingerprint density at radius 3 is 2.94 bits per heavy atom. The van der Waals surface area contributed by atoms with Crippen molar-refractivity contribution in [2.75, 3.05) is 0 Å². The van der Waals surface area contributed by atoms with E-state index in [2.05, 4.69) is 26.9 Å². The highest BCUT2D eigenvalue weighted by atomic mass is 15.3. The number of aryl methyl sites for hydroxylation is 2. The summed E-state index contributed by atoms with van der Waals surface area (Å²) in [6.45, 7) is 4.69. The molecule has 5 heteroatoms. The fourth-order valence-electron chi connectivity index (χ4n) is 1.66. The molecule has 0 radical (unpaired) electrons. The van der Waals surface area contributed by atoms with E-state index in [0.29, 0.717) is 0 Å². The molecule has 16 heavy (non-hydrogen) atoms. The maximum atomic E-state index is 4.30. The summed E-state index contributed by atoms with van der Waals surface area (Å²) in [7, 11) is 1.93. The Labute approximate surface area is 95.1 Å². The summed E-state index contributed by atoms with van der Waals surface area (Å²) in [6, 6.07) is 2.02. The molecular weight excluding hydrogens is 202 g/mol. The first-order valence-electron chi connectivity index (χ1n) is 5.48. The van der Waals surface area contributed by atoms with Gasteiger partial charge < -0.3 is 9.88 Å². The molecule has 0 aromatic carbocycles. The second-order valence-corrected chi connectivity index (χ2v) is 3.76. The molecule has 0 bridgehead atoms. The SMILES string of the molecule is CCn1cncc1CNCc1ccn(C)n1. The lowest BCUT2D eigenvalue weighted by atomic mass is 10.4. The van der Waals surface area contributed by atoms with Crippen LogP contribution in [-0.2, 0) is 26.7 Å². The van der Waals surface area contributed by atoms with Crippen molar-refractivity contribution >= 4 is 0 Å². The van der Waals surface area contributed by atoms with E-state index < -0.39 is 0 Å². The predicted octanol–water partition coefficient (Wildman–Crippen LogP) is 0.926. The summed E-state index contributed by atoms with van der Waals surface area (Å²) in [5, 5.41) is 7.66. The van der Waals surface area contributed by atoms with Gasteiger partial charge in [-0.2, -0.15) is 5.10 Å². The third kappa shape index (κ3) is 2.49. The summed E-state index contributed by atoms with van der Waals surface area (Å²) in [4.78, 5) is 4.13. The smallest absolute Gasteiger partial charge is 0.0948 e. The zero-order valence-electron chi connectivity index (χ0n) is 9.72. The third-order valence-electron chi connectivity index (χ3n) is 2.52.